The number of anilines is 2. The van der Waals surface area contributed by atoms with Crippen LogP contribution in [0.25, 0.3) is 0 Å². The molecule has 2 rings (SSSR count). The van der Waals surface area contributed by atoms with E-state index in [9.17, 15) is 0 Å². The Morgan fingerprint density at radius 2 is 2.07 bits per heavy atom. The molecular weight excluding hydrogens is 188 g/mol. The summed E-state index contributed by atoms with van der Waals surface area (Å²) in [7, 11) is 1.65. The summed E-state index contributed by atoms with van der Waals surface area (Å²) in [5, 5.41) is 3.19. The molecule has 0 radical (unpaired) electrons. The number of hydrogen-bond acceptors (Lipinski definition) is 3. The Labute approximate surface area is 88.7 Å². The van der Waals surface area contributed by atoms with Gasteiger partial charge in [-0.1, -0.05) is 12.1 Å². The van der Waals surface area contributed by atoms with Gasteiger partial charge in [-0.25, -0.2) is 4.98 Å². The third-order valence-electron chi connectivity index (χ3n) is 2.01. The lowest BCUT2D eigenvalue weighted by molar-refractivity contribution is 0.415. The Balaban J connectivity index is 2.17. The molecule has 3 nitrogen and oxygen atoms in total. The Bertz CT molecular complexity index is 429. The fraction of sp³-hybridized carbons (Fsp3) is 0.0833. The van der Waals surface area contributed by atoms with Crippen LogP contribution in [0, 0.1) is 0 Å². The number of ether oxygens (including phenoxy) is 1. The predicted octanol–water partition coefficient (Wildman–Crippen LogP) is 2.83. The zero-order valence-corrected chi connectivity index (χ0v) is 8.47. The van der Waals surface area contributed by atoms with Crippen molar-refractivity contribution in [3.63, 3.8) is 0 Å². The molecule has 0 spiro atoms. The standard InChI is InChI=1S/C12H12N2O/c1-15-11-6-4-5-10(9-11)14-12-7-2-3-8-13-12/h2-9H,1H3,(H,13,14). The number of pyridine rings is 1. The maximum atomic E-state index is 5.13. The SMILES string of the molecule is COc1cccc(Nc2ccccn2)c1. The molecule has 0 saturated carbocycles. The van der Waals surface area contributed by atoms with Gasteiger partial charge in [0.1, 0.15) is 11.6 Å². The molecule has 76 valence electrons. The summed E-state index contributed by atoms with van der Waals surface area (Å²) in [6.07, 6.45) is 1.75. The fourth-order valence-electron chi connectivity index (χ4n) is 1.29. The minimum Gasteiger partial charge on any atom is -0.497 e. The summed E-state index contributed by atoms with van der Waals surface area (Å²) in [6, 6.07) is 13.5. The van der Waals surface area contributed by atoms with Crippen LogP contribution >= 0.6 is 0 Å². The molecule has 1 aromatic heterocycles. The third-order valence-corrected chi connectivity index (χ3v) is 2.01. The van der Waals surface area contributed by atoms with Crippen LogP contribution in [-0.2, 0) is 0 Å². The van der Waals surface area contributed by atoms with E-state index in [0.29, 0.717) is 0 Å². The molecule has 0 unspecified atom stereocenters. The second-order valence-electron chi connectivity index (χ2n) is 3.07. The van der Waals surface area contributed by atoms with Gasteiger partial charge in [0.15, 0.2) is 0 Å². The highest BCUT2D eigenvalue weighted by Crippen LogP contribution is 2.19. The minimum atomic E-state index is 0.825. The first-order valence-corrected chi connectivity index (χ1v) is 4.70. The number of nitrogens with zero attached hydrogens (tertiary/aromatic N) is 1. The summed E-state index contributed by atoms with van der Waals surface area (Å²) >= 11 is 0. The van der Waals surface area contributed by atoms with E-state index < -0.39 is 0 Å². The lowest BCUT2D eigenvalue weighted by Crippen LogP contribution is -1.92. The van der Waals surface area contributed by atoms with Crippen molar-refractivity contribution in [3.05, 3.63) is 48.7 Å². The molecule has 0 aliphatic heterocycles. The van der Waals surface area contributed by atoms with E-state index in [0.717, 1.165) is 17.3 Å². The topological polar surface area (TPSA) is 34.1 Å². The summed E-state index contributed by atoms with van der Waals surface area (Å²) in [6.45, 7) is 0. The second kappa shape index (κ2) is 4.46. The average molecular weight is 200 g/mol. The first-order valence-electron chi connectivity index (χ1n) is 4.70. The highest BCUT2D eigenvalue weighted by atomic mass is 16.5. The summed E-state index contributed by atoms with van der Waals surface area (Å²) in [4.78, 5) is 4.18. The van der Waals surface area contributed by atoms with Crippen molar-refractivity contribution in [2.75, 3.05) is 12.4 Å². The Morgan fingerprint density at radius 3 is 2.80 bits per heavy atom. The molecule has 0 saturated heterocycles. The molecule has 0 atom stereocenters. The number of nitrogens with one attached hydrogen (secondary N) is 1. The molecule has 0 aliphatic rings. The van der Waals surface area contributed by atoms with Crippen molar-refractivity contribution >= 4 is 11.5 Å². The number of rotatable bonds is 3. The molecule has 1 N–H and O–H groups in total. The molecule has 0 fully saturated rings. The van der Waals surface area contributed by atoms with Crippen LogP contribution < -0.4 is 10.1 Å². The average Bonchev–Trinajstić information content (AvgIpc) is 2.31. The van der Waals surface area contributed by atoms with Gasteiger partial charge in [0.25, 0.3) is 0 Å². The molecule has 0 amide bonds. The zero-order valence-electron chi connectivity index (χ0n) is 8.47. The summed E-state index contributed by atoms with van der Waals surface area (Å²) < 4.78 is 5.13. The van der Waals surface area contributed by atoms with Gasteiger partial charge in [-0.3, -0.25) is 0 Å². The van der Waals surface area contributed by atoms with E-state index in [1.807, 2.05) is 42.5 Å². The first kappa shape index (κ1) is 9.52. The van der Waals surface area contributed by atoms with E-state index in [4.69, 9.17) is 4.74 Å². The van der Waals surface area contributed by atoms with Crippen molar-refractivity contribution < 1.29 is 4.74 Å². The van der Waals surface area contributed by atoms with Crippen molar-refractivity contribution in [2.24, 2.45) is 0 Å². The van der Waals surface area contributed by atoms with Crippen molar-refractivity contribution in [3.8, 4) is 5.75 Å². The van der Waals surface area contributed by atoms with Crippen molar-refractivity contribution in [1.29, 1.82) is 0 Å². The van der Waals surface area contributed by atoms with E-state index in [1.54, 1.807) is 13.3 Å². The van der Waals surface area contributed by atoms with E-state index >= 15 is 0 Å². The Hall–Kier alpha value is -2.03. The van der Waals surface area contributed by atoms with E-state index in [1.165, 1.54) is 0 Å². The largest absolute Gasteiger partial charge is 0.497 e. The molecule has 2 aromatic rings. The maximum absolute atomic E-state index is 5.13. The van der Waals surface area contributed by atoms with Gasteiger partial charge in [0.2, 0.25) is 0 Å². The van der Waals surface area contributed by atoms with Crippen molar-refractivity contribution in [2.45, 2.75) is 0 Å². The van der Waals surface area contributed by atoms with Gasteiger partial charge >= 0.3 is 0 Å². The molecule has 1 aromatic carbocycles. The van der Waals surface area contributed by atoms with Gasteiger partial charge in [-0.2, -0.15) is 0 Å². The van der Waals surface area contributed by atoms with Crippen LogP contribution in [0.1, 0.15) is 0 Å². The monoisotopic (exact) mass is 200 g/mol. The maximum Gasteiger partial charge on any atom is 0.130 e. The lowest BCUT2D eigenvalue weighted by atomic mass is 10.3. The molecule has 0 bridgehead atoms. The van der Waals surface area contributed by atoms with Crippen LogP contribution in [0.3, 0.4) is 0 Å². The van der Waals surface area contributed by atoms with Gasteiger partial charge in [-0.15, -0.1) is 0 Å². The van der Waals surface area contributed by atoms with Crippen LogP contribution in [-0.4, -0.2) is 12.1 Å². The Morgan fingerprint density at radius 1 is 1.13 bits per heavy atom. The Kier molecular flexibility index (Phi) is 2.83. The number of benzene rings is 1. The van der Waals surface area contributed by atoms with Gasteiger partial charge in [0.05, 0.1) is 7.11 Å². The summed E-state index contributed by atoms with van der Waals surface area (Å²) in [5.41, 5.74) is 0.966. The molecule has 15 heavy (non-hydrogen) atoms. The van der Waals surface area contributed by atoms with Crippen LogP contribution in [0.15, 0.2) is 48.7 Å². The first-order chi connectivity index (χ1) is 7.38. The van der Waals surface area contributed by atoms with Gasteiger partial charge in [-0.05, 0) is 24.3 Å². The quantitative estimate of drug-likeness (QED) is 0.827. The van der Waals surface area contributed by atoms with Crippen LogP contribution in [0.2, 0.25) is 0 Å². The van der Waals surface area contributed by atoms with E-state index in [2.05, 4.69) is 10.3 Å². The summed E-state index contributed by atoms with van der Waals surface area (Å²) in [5.74, 6) is 1.65. The number of hydrogen-bond donors (Lipinski definition) is 1. The molecule has 3 heteroatoms. The third kappa shape index (κ3) is 2.47. The smallest absolute Gasteiger partial charge is 0.130 e. The van der Waals surface area contributed by atoms with Gasteiger partial charge in [0, 0.05) is 18.0 Å². The normalized spacial score (nSPS) is 9.67. The van der Waals surface area contributed by atoms with Gasteiger partial charge < -0.3 is 10.1 Å². The van der Waals surface area contributed by atoms with Crippen LogP contribution in [0.4, 0.5) is 11.5 Å². The fourth-order valence-corrected chi connectivity index (χ4v) is 1.29. The van der Waals surface area contributed by atoms with E-state index in [-0.39, 0.29) is 0 Å². The minimum absolute atomic E-state index is 0.825. The lowest BCUT2D eigenvalue weighted by Gasteiger charge is -2.06. The van der Waals surface area contributed by atoms with Crippen LogP contribution in [0.5, 0.6) is 5.75 Å². The number of aromatic nitrogens is 1. The molecular formula is C12H12N2O. The highest BCUT2D eigenvalue weighted by Gasteiger charge is 1.96. The zero-order chi connectivity index (χ0) is 10.5. The second-order valence-corrected chi connectivity index (χ2v) is 3.07. The molecule has 1 heterocycles. The highest BCUT2D eigenvalue weighted by molar-refractivity contribution is 5.57. The van der Waals surface area contributed by atoms with Crippen molar-refractivity contribution in [1.82, 2.24) is 4.98 Å². The predicted molar refractivity (Wildman–Crippen MR) is 60.5 cm³/mol. The molecule has 0 aliphatic carbocycles. The number of methoxy groups -OCH3 is 1.